The number of hydrogen-bond acceptors (Lipinski definition) is 3. The molecule has 0 radical (unpaired) electrons. The normalized spacial score (nSPS) is 12.7. The van der Waals surface area contributed by atoms with Crippen LogP contribution < -0.4 is 5.32 Å². The number of carbonyl (C=O) groups excluding carboxylic acids is 1. The Balaban J connectivity index is 3.41. The minimum atomic E-state index is -0.658. The van der Waals surface area contributed by atoms with Gasteiger partial charge in [-0.1, -0.05) is 321 Å². The van der Waals surface area contributed by atoms with Crippen molar-refractivity contribution in [2.24, 2.45) is 0 Å². The van der Waals surface area contributed by atoms with Crippen molar-refractivity contribution in [1.82, 2.24) is 5.32 Å². The molecule has 65 heavy (non-hydrogen) atoms. The number of aliphatic hydroxyl groups excluding tert-OH is 2. The summed E-state index contributed by atoms with van der Waals surface area (Å²) in [6.45, 7) is 4.41. The number of rotatable bonds is 57. The molecule has 0 bridgehead atoms. The molecule has 0 rings (SSSR count). The first kappa shape index (κ1) is 64.1. The highest BCUT2D eigenvalue weighted by Crippen LogP contribution is 2.18. The van der Waals surface area contributed by atoms with E-state index in [9.17, 15) is 15.0 Å². The maximum atomic E-state index is 12.5. The van der Waals surface area contributed by atoms with Crippen LogP contribution in [0.4, 0.5) is 0 Å². The highest BCUT2D eigenvalue weighted by atomic mass is 16.3. The Kier molecular flexibility index (Phi) is 56.7. The average molecular weight is 917 g/mol. The molecule has 0 aliphatic heterocycles. The molecule has 2 atom stereocenters. The molecule has 0 heterocycles. The van der Waals surface area contributed by atoms with Crippen molar-refractivity contribution in [1.29, 1.82) is 0 Å². The maximum Gasteiger partial charge on any atom is 0.220 e. The van der Waals surface area contributed by atoms with E-state index >= 15 is 0 Å². The number of carbonyl (C=O) groups is 1. The summed E-state index contributed by atoms with van der Waals surface area (Å²) in [5, 5.41) is 23.4. The van der Waals surface area contributed by atoms with Gasteiger partial charge in [0.25, 0.3) is 0 Å². The fraction of sp³-hybridized carbons (Fsp3) is 0.951. The highest BCUT2D eigenvalue weighted by molar-refractivity contribution is 5.76. The molecule has 0 fully saturated rings. The van der Waals surface area contributed by atoms with Gasteiger partial charge in [-0.15, -0.1) is 0 Å². The summed E-state index contributed by atoms with van der Waals surface area (Å²) < 4.78 is 0. The van der Waals surface area contributed by atoms with Crippen molar-refractivity contribution in [2.45, 2.75) is 366 Å². The third kappa shape index (κ3) is 53.9. The smallest absolute Gasteiger partial charge is 0.220 e. The van der Waals surface area contributed by atoms with Crippen LogP contribution in [0.15, 0.2) is 12.2 Å². The predicted molar refractivity (Wildman–Crippen MR) is 290 cm³/mol. The van der Waals surface area contributed by atoms with E-state index in [0.717, 1.165) is 25.7 Å². The van der Waals surface area contributed by atoms with Gasteiger partial charge in [0.15, 0.2) is 0 Å². The average Bonchev–Trinajstić information content (AvgIpc) is 3.31. The van der Waals surface area contributed by atoms with Crippen LogP contribution in [0.3, 0.4) is 0 Å². The third-order valence-corrected chi connectivity index (χ3v) is 14.5. The fourth-order valence-electron chi connectivity index (χ4n) is 9.89. The molecule has 0 aromatic heterocycles. The Morgan fingerprint density at radius 3 is 0.846 bits per heavy atom. The molecule has 4 heteroatoms. The summed E-state index contributed by atoms with van der Waals surface area (Å²) in [5.41, 5.74) is 0. The maximum absolute atomic E-state index is 12.5. The van der Waals surface area contributed by atoms with Crippen LogP contribution in [-0.4, -0.2) is 34.9 Å². The number of hydrogen-bond donors (Lipinski definition) is 3. The van der Waals surface area contributed by atoms with E-state index in [4.69, 9.17) is 0 Å². The van der Waals surface area contributed by atoms with E-state index in [-0.39, 0.29) is 12.5 Å². The molecule has 4 nitrogen and oxygen atoms in total. The van der Waals surface area contributed by atoms with Crippen molar-refractivity contribution in [3.05, 3.63) is 12.2 Å². The van der Waals surface area contributed by atoms with Gasteiger partial charge >= 0.3 is 0 Å². The number of unbranched alkanes of at least 4 members (excludes halogenated alkanes) is 48. The quantitative estimate of drug-likeness (QED) is 0.0421. The van der Waals surface area contributed by atoms with E-state index in [1.807, 2.05) is 0 Å². The van der Waals surface area contributed by atoms with E-state index in [1.165, 1.54) is 302 Å². The summed E-state index contributed by atoms with van der Waals surface area (Å²) in [6.07, 6.45) is 75.1. The van der Waals surface area contributed by atoms with Gasteiger partial charge in [0, 0.05) is 6.42 Å². The second-order valence-electron chi connectivity index (χ2n) is 21.1. The third-order valence-electron chi connectivity index (χ3n) is 14.5. The van der Waals surface area contributed by atoms with Crippen molar-refractivity contribution >= 4 is 5.91 Å². The van der Waals surface area contributed by atoms with Gasteiger partial charge in [0.2, 0.25) is 5.91 Å². The van der Waals surface area contributed by atoms with Gasteiger partial charge in [0.05, 0.1) is 18.8 Å². The molecule has 3 N–H and O–H groups in total. The number of nitrogens with one attached hydrogen (secondary N) is 1. The lowest BCUT2D eigenvalue weighted by molar-refractivity contribution is -0.123. The molecule has 0 saturated heterocycles. The molecule has 1 amide bonds. The zero-order valence-corrected chi connectivity index (χ0v) is 44.8. The number of allylic oxidation sites excluding steroid dienone is 2. The van der Waals surface area contributed by atoms with Gasteiger partial charge in [-0.3, -0.25) is 4.79 Å². The second-order valence-corrected chi connectivity index (χ2v) is 21.1. The first-order valence-corrected chi connectivity index (χ1v) is 30.4. The number of aliphatic hydroxyl groups is 2. The lowest BCUT2D eigenvalue weighted by Gasteiger charge is -2.22. The first-order chi connectivity index (χ1) is 32.2. The van der Waals surface area contributed by atoms with Crippen molar-refractivity contribution in [3.63, 3.8) is 0 Å². The van der Waals surface area contributed by atoms with Gasteiger partial charge in [0.1, 0.15) is 0 Å². The summed E-state index contributed by atoms with van der Waals surface area (Å²) in [4.78, 5) is 12.5. The Bertz CT molecular complexity index is 905. The van der Waals surface area contributed by atoms with E-state index in [2.05, 4.69) is 31.3 Å². The van der Waals surface area contributed by atoms with Crippen LogP contribution in [-0.2, 0) is 4.79 Å². The highest BCUT2D eigenvalue weighted by Gasteiger charge is 2.20. The summed E-state index contributed by atoms with van der Waals surface area (Å²) in [7, 11) is 0. The molecule has 0 spiro atoms. The lowest BCUT2D eigenvalue weighted by atomic mass is 10.0. The molecular formula is C61H121NO3. The summed E-state index contributed by atoms with van der Waals surface area (Å²) >= 11 is 0. The number of amides is 1. The summed E-state index contributed by atoms with van der Waals surface area (Å²) in [5.74, 6) is -0.0239. The minimum absolute atomic E-state index is 0.0239. The Labute approximate surface area is 409 Å². The monoisotopic (exact) mass is 916 g/mol. The zero-order valence-electron chi connectivity index (χ0n) is 44.8. The van der Waals surface area contributed by atoms with Crippen LogP contribution >= 0.6 is 0 Å². The molecule has 0 aliphatic rings. The van der Waals surface area contributed by atoms with Gasteiger partial charge < -0.3 is 15.5 Å². The minimum Gasteiger partial charge on any atom is -0.394 e. The Hall–Kier alpha value is -0.870. The van der Waals surface area contributed by atoms with Crippen LogP contribution in [0.25, 0.3) is 0 Å². The van der Waals surface area contributed by atoms with E-state index in [1.54, 1.807) is 0 Å². The molecular weight excluding hydrogens is 795 g/mol. The van der Waals surface area contributed by atoms with Crippen LogP contribution in [0.2, 0.25) is 0 Å². The van der Waals surface area contributed by atoms with Gasteiger partial charge in [-0.05, 0) is 38.5 Å². The Morgan fingerprint density at radius 1 is 0.354 bits per heavy atom. The zero-order chi connectivity index (χ0) is 47.0. The molecule has 2 unspecified atom stereocenters. The largest absolute Gasteiger partial charge is 0.394 e. The lowest BCUT2D eigenvalue weighted by Crippen LogP contribution is -2.45. The van der Waals surface area contributed by atoms with Crippen molar-refractivity contribution < 1.29 is 15.0 Å². The molecule has 0 aromatic rings. The first-order valence-electron chi connectivity index (χ1n) is 30.4. The Morgan fingerprint density at radius 2 is 0.585 bits per heavy atom. The van der Waals surface area contributed by atoms with Crippen molar-refractivity contribution in [3.8, 4) is 0 Å². The fourth-order valence-corrected chi connectivity index (χ4v) is 9.89. The molecule has 0 saturated carbocycles. The van der Waals surface area contributed by atoms with E-state index in [0.29, 0.717) is 12.8 Å². The second kappa shape index (κ2) is 57.4. The SMILES string of the molecule is CCCCCCCCCCCCCC/C=C\CCCCCCCCCCCCCCCC(=O)NC(CO)C(O)CCCCCCCCCCCCCCCCCCCCCCCCCC. The van der Waals surface area contributed by atoms with Crippen LogP contribution in [0.5, 0.6) is 0 Å². The topological polar surface area (TPSA) is 69.6 Å². The molecule has 388 valence electrons. The molecule has 0 aliphatic carbocycles. The van der Waals surface area contributed by atoms with Gasteiger partial charge in [-0.2, -0.15) is 0 Å². The van der Waals surface area contributed by atoms with Gasteiger partial charge in [-0.25, -0.2) is 0 Å². The predicted octanol–water partition coefficient (Wildman–Crippen LogP) is 20.1. The van der Waals surface area contributed by atoms with Crippen LogP contribution in [0.1, 0.15) is 354 Å². The summed E-state index contributed by atoms with van der Waals surface area (Å²) in [6, 6.07) is -0.534. The van der Waals surface area contributed by atoms with Crippen molar-refractivity contribution in [2.75, 3.05) is 6.61 Å². The van der Waals surface area contributed by atoms with E-state index < -0.39 is 12.1 Å². The van der Waals surface area contributed by atoms with Crippen LogP contribution in [0, 0.1) is 0 Å². The molecule has 0 aromatic carbocycles. The standard InChI is InChI=1S/C61H121NO3/c1-3-5-7-9-11-13-15-17-19-21-23-25-27-29-30-31-32-33-35-37-39-41-43-45-47-49-51-53-55-57-61(65)62-59(58-63)60(64)56-54-52-50-48-46-44-42-40-38-36-34-28-26-24-22-20-18-16-14-12-10-8-6-4-2/h29-30,59-60,63-64H,3-28,31-58H2,1-2H3,(H,62,65)/b30-29-.